The predicted molar refractivity (Wildman–Crippen MR) is 70.6 cm³/mol. The zero-order valence-electron chi connectivity index (χ0n) is 9.59. The Morgan fingerprint density at radius 3 is 2.47 bits per heavy atom. The van der Waals surface area contributed by atoms with E-state index in [1.54, 1.807) is 0 Å². The molecule has 17 heavy (non-hydrogen) atoms. The van der Waals surface area contributed by atoms with Crippen molar-refractivity contribution in [1.29, 1.82) is 0 Å². The van der Waals surface area contributed by atoms with Crippen LogP contribution in [0.4, 0.5) is 11.4 Å². The monoisotopic (exact) mass is 223 g/mol. The van der Waals surface area contributed by atoms with E-state index in [1.165, 1.54) is 0 Å². The molecule has 0 radical (unpaired) electrons. The molecule has 0 aromatic heterocycles. The van der Waals surface area contributed by atoms with E-state index in [2.05, 4.69) is 10.4 Å². The molecule has 0 saturated heterocycles. The van der Waals surface area contributed by atoms with Crippen molar-refractivity contribution in [2.75, 3.05) is 12.1 Å². The summed E-state index contributed by atoms with van der Waals surface area (Å²) in [6.07, 6.45) is 0. The van der Waals surface area contributed by atoms with Crippen molar-refractivity contribution < 1.29 is 0 Å². The first-order valence-corrected chi connectivity index (χ1v) is 5.58. The number of anilines is 1. The Labute approximate surface area is 100 Å². The zero-order chi connectivity index (χ0) is 11.7. The van der Waals surface area contributed by atoms with Crippen LogP contribution in [0.15, 0.2) is 59.6 Å². The molecule has 1 aliphatic heterocycles. The van der Waals surface area contributed by atoms with Gasteiger partial charge in [0.1, 0.15) is 0 Å². The largest absolute Gasteiger partial charge is 0.287 e. The van der Waals surface area contributed by atoms with Crippen LogP contribution >= 0.6 is 0 Å². The van der Waals surface area contributed by atoms with Gasteiger partial charge >= 0.3 is 0 Å². The fourth-order valence-corrected chi connectivity index (χ4v) is 1.93. The maximum Gasteiger partial charge on any atom is 0.152 e. The topological polar surface area (TPSA) is 27.6 Å². The highest BCUT2D eigenvalue weighted by Crippen LogP contribution is 2.29. The summed E-state index contributed by atoms with van der Waals surface area (Å²) in [5.74, 6) is 0.881. The number of nitrogens with one attached hydrogen (secondary N) is 1. The van der Waals surface area contributed by atoms with E-state index < -0.39 is 0 Å². The summed E-state index contributed by atoms with van der Waals surface area (Å²) in [5, 5.41) is 1.99. The first-order valence-electron chi connectivity index (χ1n) is 5.58. The molecule has 1 heterocycles. The lowest BCUT2D eigenvalue weighted by Gasteiger charge is -2.28. The molecule has 2 aromatic rings. The summed E-state index contributed by atoms with van der Waals surface area (Å²) in [6.45, 7) is 0. The number of amidine groups is 1. The van der Waals surface area contributed by atoms with Crippen molar-refractivity contribution in [3.05, 3.63) is 60.2 Å². The number of para-hydroxylation sites is 2. The van der Waals surface area contributed by atoms with Crippen LogP contribution in [0.5, 0.6) is 0 Å². The van der Waals surface area contributed by atoms with Crippen LogP contribution in [-0.2, 0) is 0 Å². The summed E-state index contributed by atoms with van der Waals surface area (Å²) in [7, 11) is 2.00. The fraction of sp³-hybridized carbons (Fsp3) is 0.0714. The van der Waals surface area contributed by atoms with Crippen molar-refractivity contribution >= 4 is 17.2 Å². The summed E-state index contributed by atoms with van der Waals surface area (Å²) < 4.78 is 0. The summed E-state index contributed by atoms with van der Waals surface area (Å²) in [6, 6.07) is 18.2. The fourth-order valence-electron chi connectivity index (χ4n) is 1.93. The molecule has 1 aliphatic rings. The summed E-state index contributed by atoms with van der Waals surface area (Å²) >= 11 is 0. The van der Waals surface area contributed by atoms with Gasteiger partial charge in [0, 0.05) is 12.6 Å². The van der Waals surface area contributed by atoms with Gasteiger partial charge in [0.2, 0.25) is 0 Å². The maximum absolute atomic E-state index is 4.63. The Balaban J connectivity index is 2.08. The van der Waals surface area contributed by atoms with E-state index in [1.807, 2.05) is 66.7 Å². The van der Waals surface area contributed by atoms with Gasteiger partial charge in [-0.2, -0.15) is 0 Å². The highest BCUT2D eigenvalue weighted by atomic mass is 15.5. The van der Waals surface area contributed by atoms with Gasteiger partial charge in [-0.25, -0.2) is 4.99 Å². The maximum atomic E-state index is 4.63. The third-order valence-electron chi connectivity index (χ3n) is 2.80. The second-order valence-electron chi connectivity index (χ2n) is 3.99. The molecule has 0 unspecified atom stereocenters. The van der Waals surface area contributed by atoms with Crippen LogP contribution in [0, 0.1) is 0 Å². The van der Waals surface area contributed by atoms with Crippen LogP contribution < -0.4 is 10.4 Å². The normalized spacial score (nSPS) is 13.7. The molecular formula is C14H13N3. The van der Waals surface area contributed by atoms with E-state index in [-0.39, 0.29) is 0 Å². The van der Waals surface area contributed by atoms with Gasteiger partial charge < -0.3 is 0 Å². The Morgan fingerprint density at radius 2 is 1.65 bits per heavy atom. The van der Waals surface area contributed by atoms with E-state index in [0.717, 1.165) is 22.8 Å². The van der Waals surface area contributed by atoms with Crippen molar-refractivity contribution in [2.24, 2.45) is 4.99 Å². The van der Waals surface area contributed by atoms with E-state index in [0.29, 0.717) is 0 Å². The SMILES string of the molecule is CN1NC(c2ccccc2)=Nc2ccccc21. The molecule has 0 bridgehead atoms. The minimum absolute atomic E-state index is 0.881. The van der Waals surface area contributed by atoms with Gasteiger partial charge in [-0.3, -0.25) is 10.4 Å². The molecule has 3 heteroatoms. The number of nitrogens with zero attached hydrogens (tertiary/aromatic N) is 2. The molecule has 0 amide bonds. The highest BCUT2D eigenvalue weighted by Gasteiger charge is 2.15. The van der Waals surface area contributed by atoms with Crippen LogP contribution in [0.2, 0.25) is 0 Å². The number of benzene rings is 2. The van der Waals surface area contributed by atoms with Crippen LogP contribution in [0.3, 0.4) is 0 Å². The van der Waals surface area contributed by atoms with Crippen LogP contribution in [0.25, 0.3) is 0 Å². The quantitative estimate of drug-likeness (QED) is 0.805. The van der Waals surface area contributed by atoms with Crippen molar-refractivity contribution in [3.63, 3.8) is 0 Å². The Morgan fingerprint density at radius 1 is 0.941 bits per heavy atom. The lowest BCUT2D eigenvalue weighted by molar-refractivity contribution is 0.864. The summed E-state index contributed by atoms with van der Waals surface area (Å²) in [5.41, 5.74) is 6.45. The van der Waals surface area contributed by atoms with Gasteiger partial charge in [-0.15, -0.1) is 0 Å². The molecular weight excluding hydrogens is 210 g/mol. The number of aliphatic imine (C=N–C) groups is 1. The average Bonchev–Trinajstić information content (AvgIpc) is 2.40. The molecule has 3 nitrogen and oxygen atoms in total. The number of fused-ring (bicyclic) bond motifs is 1. The smallest absolute Gasteiger partial charge is 0.152 e. The number of hydrazine groups is 1. The predicted octanol–water partition coefficient (Wildman–Crippen LogP) is 2.72. The molecule has 3 rings (SSSR count). The Kier molecular flexibility index (Phi) is 2.29. The van der Waals surface area contributed by atoms with E-state index in [4.69, 9.17) is 0 Å². The van der Waals surface area contributed by atoms with Gasteiger partial charge in [0.25, 0.3) is 0 Å². The average molecular weight is 223 g/mol. The zero-order valence-corrected chi connectivity index (χ0v) is 9.59. The van der Waals surface area contributed by atoms with Gasteiger partial charge in [-0.1, -0.05) is 42.5 Å². The molecule has 84 valence electrons. The summed E-state index contributed by atoms with van der Waals surface area (Å²) in [4.78, 5) is 4.63. The molecule has 2 aromatic carbocycles. The van der Waals surface area contributed by atoms with Crippen LogP contribution in [-0.4, -0.2) is 12.9 Å². The Bertz CT molecular complexity index is 561. The third-order valence-corrected chi connectivity index (χ3v) is 2.80. The highest BCUT2D eigenvalue weighted by molar-refractivity contribution is 6.03. The molecule has 0 atom stereocenters. The number of hydrogen-bond acceptors (Lipinski definition) is 3. The number of hydrogen-bond donors (Lipinski definition) is 1. The van der Waals surface area contributed by atoms with Crippen molar-refractivity contribution in [1.82, 2.24) is 5.43 Å². The van der Waals surface area contributed by atoms with Gasteiger partial charge in [0.05, 0.1) is 11.4 Å². The first-order chi connectivity index (χ1) is 8.34. The third kappa shape index (κ3) is 1.76. The van der Waals surface area contributed by atoms with Crippen molar-refractivity contribution in [2.45, 2.75) is 0 Å². The standard InChI is InChI=1S/C14H13N3/c1-17-13-10-6-5-9-12(13)15-14(16-17)11-7-3-2-4-8-11/h2-10H,1H3,(H,15,16). The lowest BCUT2D eigenvalue weighted by Crippen LogP contribution is -2.41. The molecule has 0 saturated carbocycles. The van der Waals surface area contributed by atoms with E-state index in [9.17, 15) is 0 Å². The molecule has 1 N–H and O–H groups in total. The van der Waals surface area contributed by atoms with Gasteiger partial charge in [-0.05, 0) is 12.1 Å². The van der Waals surface area contributed by atoms with Gasteiger partial charge in [0.15, 0.2) is 5.84 Å². The number of rotatable bonds is 1. The minimum Gasteiger partial charge on any atom is -0.287 e. The van der Waals surface area contributed by atoms with E-state index >= 15 is 0 Å². The lowest BCUT2D eigenvalue weighted by atomic mass is 10.2. The first kappa shape index (κ1) is 9.90. The molecule has 0 aliphatic carbocycles. The second-order valence-corrected chi connectivity index (χ2v) is 3.99. The Hall–Kier alpha value is -2.29. The molecule has 0 fully saturated rings. The van der Waals surface area contributed by atoms with Crippen molar-refractivity contribution in [3.8, 4) is 0 Å². The molecule has 0 spiro atoms. The van der Waals surface area contributed by atoms with Crippen LogP contribution in [0.1, 0.15) is 5.56 Å². The second kappa shape index (κ2) is 3.94. The minimum atomic E-state index is 0.881.